The highest BCUT2D eigenvalue weighted by atomic mass is 35.5. The lowest BCUT2D eigenvalue weighted by atomic mass is 11.3. The Morgan fingerprint density at radius 1 is 1.29 bits per heavy atom. The molecule has 0 amide bonds. The van der Waals surface area contributed by atoms with Gasteiger partial charge in [0.15, 0.2) is 0 Å². The van der Waals surface area contributed by atoms with Gasteiger partial charge in [0.2, 0.25) is 0 Å². The summed E-state index contributed by atoms with van der Waals surface area (Å²) in [6.45, 7) is 0. The molecule has 1 atom stereocenters. The van der Waals surface area contributed by atoms with E-state index in [0.717, 1.165) is 0 Å². The van der Waals surface area contributed by atoms with E-state index in [-0.39, 0.29) is 24.8 Å². The van der Waals surface area contributed by atoms with Crippen LogP contribution in [0.1, 0.15) is 0 Å². The lowest BCUT2D eigenvalue weighted by Gasteiger charge is -1.90. The maximum Gasteiger partial charge on any atom is 0.126 e. The fourth-order valence-electron chi connectivity index (χ4n) is 0. The zero-order chi connectivity index (χ0) is 4.28. The summed E-state index contributed by atoms with van der Waals surface area (Å²) in [4.78, 5) is 0. The molecular weight excluding hydrogens is 156 g/mol. The molecule has 0 aromatic heterocycles. The second-order valence-corrected chi connectivity index (χ2v) is 2.31. The quantitative estimate of drug-likeness (QED) is 0.543. The SMILES string of the molecule is CN(C)[PH2]=O.Cl.Cl. The minimum Gasteiger partial charge on any atom is -0.313 e. The summed E-state index contributed by atoms with van der Waals surface area (Å²) in [7, 11) is 2.87. The molecule has 0 aliphatic heterocycles. The van der Waals surface area contributed by atoms with Crippen molar-refractivity contribution in [3.63, 3.8) is 0 Å². The van der Waals surface area contributed by atoms with Crippen molar-refractivity contribution < 1.29 is 4.57 Å². The van der Waals surface area contributed by atoms with Crippen LogP contribution < -0.4 is 0 Å². The summed E-state index contributed by atoms with van der Waals surface area (Å²) in [5.74, 6) is 0. The molecule has 0 aliphatic rings. The molecule has 5 heteroatoms. The number of nitrogens with zero attached hydrogens (tertiary/aromatic N) is 1. The lowest BCUT2D eigenvalue weighted by molar-refractivity contribution is 0.552. The van der Waals surface area contributed by atoms with Crippen molar-refractivity contribution in [2.24, 2.45) is 0 Å². The predicted octanol–water partition coefficient (Wildman–Crippen LogP) is 1.06. The van der Waals surface area contributed by atoms with E-state index in [0.29, 0.717) is 0 Å². The Hall–Kier alpha value is 0.770. The highest BCUT2D eigenvalue weighted by molar-refractivity contribution is 7.20. The van der Waals surface area contributed by atoms with Crippen molar-refractivity contribution in [2.45, 2.75) is 0 Å². The lowest BCUT2D eigenvalue weighted by Crippen LogP contribution is -1.90. The summed E-state index contributed by atoms with van der Waals surface area (Å²) in [6, 6.07) is 0. The van der Waals surface area contributed by atoms with Gasteiger partial charge >= 0.3 is 0 Å². The van der Waals surface area contributed by atoms with E-state index < -0.39 is 8.61 Å². The van der Waals surface area contributed by atoms with Crippen molar-refractivity contribution in [3.05, 3.63) is 0 Å². The van der Waals surface area contributed by atoms with Crippen LogP contribution in [-0.4, -0.2) is 18.8 Å². The van der Waals surface area contributed by atoms with Crippen LogP contribution >= 0.6 is 33.4 Å². The Kier molecular flexibility index (Phi) is 22.1. The van der Waals surface area contributed by atoms with Crippen LogP contribution in [0.4, 0.5) is 0 Å². The van der Waals surface area contributed by atoms with E-state index in [2.05, 4.69) is 0 Å². The summed E-state index contributed by atoms with van der Waals surface area (Å²) < 4.78 is 11.3. The van der Waals surface area contributed by atoms with Crippen molar-refractivity contribution in [3.8, 4) is 0 Å². The first-order chi connectivity index (χ1) is 2.27. The molecule has 0 radical (unpaired) electrons. The minimum atomic E-state index is -0.685. The molecule has 1 unspecified atom stereocenters. The van der Waals surface area contributed by atoms with Crippen LogP contribution in [0, 0.1) is 0 Å². The van der Waals surface area contributed by atoms with Gasteiger partial charge in [-0.2, -0.15) is 0 Å². The average molecular weight is 166 g/mol. The second-order valence-electron chi connectivity index (χ2n) is 1.07. The third kappa shape index (κ3) is 20.1. The molecular formula is C2H10Cl2NOP. The third-order valence-electron chi connectivity index (χ3n) is 0.211. The average Bonchev–Trinajstić information content (AvgIpc) is 1.38. The normalized spacial score (nSPS) is 8.43. The van der Waals surface area contributed by atoms with E-state index in [4.69, 9.17) is 0 Å². The van der Waals surface area contributed by atoms with Gasteiger partial charge in [0.25, 0.3) is 0 Å². The van der Waals surface area contributed by atoms with E-state index in [1.54, 1.807) is 18.8 Å². The Balaban J connectivity index is -0.0000000800. The van der Waals surface area contributed by atoms with Crippen LogP contribution in [0.2, 0.25) is 0 Å². The Bertz CT molecular complexity index is 42.7. The number of hydrogen-bond donors (Lipinski definition) is 0. The predicted molar refractivity (Wildman–Crippen MR) is 38.6 cm³/mol. The second kappa shape index (κ2) is 9.91. The van der Waals surface area contributed by atoms with Gasteiger partial charge in [-0.15, -0.1) is 24.8 Å². The van der Waals surface area contributed by atoms with E-state index >= 15 is 0 Å². The van der Waals surface area contributed by atoms with Gasteiger partial charge in [-0.25, -0.2) is 0 Å². The highest BCUT2D eigenvalue weighted by Crippen LogP contribution is 1.90. The maximum absolute atomic E-state index is 9.64. The number of hydrogen-bond acceptors (Lipinski definition) is 1. The molecule has 0 aliphatic carbocycles. The molecule has 2 nitrogen and oxygen atoms in total. The van der Waals surface area contributed by atoms with Gasteiger partial charge in [-0.05, 0) is 14.1 Å². The molecule has 0 saturated carbocycles. The van der Waals surface area contributed by atoms with E-state index in [1.165, 1.54) is 0 Å². The molecule has 0 aromatic rings. The largest absolute Gasteiger partial charge is 0.313 e. The zero-order valence-electron chi connectivity index (χ0n) is 4.25. The molecule has 7 heavy (non-hydrogen) atoms. The molecule has 0 rings (SSSR count). The van der Waals surface area contributed by atoms with Crippen molar-refractivity contribution in [1.82, 2.24) is 4.67 Å². The highest BCUT2D eigenvalue weighted by Gasteiger charge is 1.69. The standard InChI is InChI=1S/C2H8NOP.2ClH/c1-3(2)5-4;;/h5H2,1-2H3;2*1H. The van der Waals surface area contributed by atoms with Crippen LogP contribution in [-0.2, 0) is 4.57 Å². The molecule has 48 valence electrons. The maximum atomic E-state index is 9.64. The Morgan fingerprint density at radius 3 is 1.43 bits per heavy atom. The van der Waals surface area contributed by atoms with Crippen LogP contribution in [0.3, 0.4) is 0 Å². The first-order valence-corrected chi connectivity index (χ1v) is 2.38. The number of halogens is 2. The van der Waals surface area contributed by atoms with Crippen molar-refractivity contribution in [2.75, 3.05) is 14.1 Å². The summed E-state index contributed by atoms with van der Waals surface area (Å²) in [5.41, 5.74) is 0. The molecule has 0 heterocycles. The Morgan fingerprint density at radius 2 is 1.43 bits per heavy atom. The van der Waals surface area contributed by atoms with Gasteiger partial charge in [-0.1, -0.05) is 0 Å². The van der Waals surface area contributed by atoms with Gasteiger partial charge in [0.1, 0.15) is 8.61 Å². The van der Waals surface area contributed by atoms with Gasteiger partial charge < -0.3 is 4.57 Å². The summed E-state index contributed by atoms with van der Waals surface area (Å²) >= 11 is 0. The molecule has 0 aromatic carbocycles. The molecule has 0 N–H and O–H groups in total. The van der Waals surface area contributed by atoms with Crippen molar-refractivity contribution >= 4 is 33.4 Å². The number of rotatable bonds is 1. The molecule has 0 bridgehead atoms. The van der Waals surface area contributed by atoms with Gasteiger partial charge in [-0.3, -0.25) is 4.67 Å². The minimum absolute atomic E-state index is 0. The Labute approximate surface area is 57.3 Å². The van der Waals surface area contributed by atoms with Gasteiger partial charge in [0, 0.05) is 0 Å². The van der Waals surface area contributed by atoms with E-state index in [9.17, 15) is 4.57 Å². The van der Waals surface area contributed by atoms with Crippen LogP contribution in [0.5, 0.6) is 0 Å². The molecule has 0 saturated heterocycles. The third-order valence-corrected chi connectivity index (χ3v) is 0.632. The first kappa shape index (κ1) is 15.7. The smallest absolute Gasteiger partial charge is 0.126 e. The summed E-state index contributed by atoms with van der Waals surface area (Å²) in [5, 5.41) is 0. The monoisotopic (exact) mass is 165 g/mol. The molecule has 0 fully saturated rings. The van der Waals surface area contributed by atoms with Crippen LogP contribution in [0.15, 0.2) is 0 Å². The van der Waals surface area contributed by atoms with E-state index in [1.807, 2.05) is 0 Å². The summed E-state index contributed by atoms with van der Waals surface area (Å²) in [6.07, 6.45) is 0. The van der Waals surface area contributed by atoms with Crippen LogP contribution in [0.25, 0.3) is 0 Å². The molecule has 0 spiro atoms. The first-order valence-electron chi connectivity index (χ1n) is 1.39. The fraction of sp³-hybridized carbons (Fsp3) is 1.00. The topological polar surface area (TPSA) is 20.3 Å². The zero-order valence-corrected chi connectivity index (χ0v) is 7.04. The fourth-order valence-corrected chi connectivity index (χ4v) is 0. The van der Waals surface area contributed by atoms with Gasteiger partial charge in [0.05, 0.1) is 0 Å². The van der Waals surface area contributed by atoms with Crippen molar-refractivity contribution in [1.29, 1.82) is 0 Å².